The average molecular weight is 685 g/mol. The standard InChI is InChI=1S/C40H32N2O9/c1-25(43)42(33-18-14-31(15-19-33)39(47)48)32-16-12-29(13-17-32)37(44)41(24-28-5-10-30(11-6-28)38(45)46)36-22-9-27(23-35(36)40(49)50)4-3-26-7-20-34(51-2)21-8-26/h3-23H,24H2,1-2H3,(H,45,46)(H,47,48)(H,49,50). The minimum absolute atomic E-state index is 0.0547. The quantitative estimate of drug-likeness (QED) is 0.113. The molecular weight excluding hydrogens is 652 g/mol. The van der Waals surface area contributed by atoms with Crippen LogP contribution in [0.5, 0.6) is 5.75 Å². The zero-order valence-electron chi connectivity index (χ0n) is 27.5. The topological polar surface area (TPSA) is 162 Å². The molecule has 0 heterocycles. The van der Waals surface area contributed by atoms with Crippen molar-refractivity contribution in [3.63, 3.8) is 0 Å². The van der Waals surface area contributed by atoms with Crippen LogP contribution in [0, 0.1) is 0 Å². The van der Waals surface area contributed by atoms with Gasteiger partial charge in [-0.3, -0.25) is 14.5 Å². The third-order valence-corrected chi connectivity index (χ3v) is 7.97. The first kappa shape index (κ1) is 35.3. The first-order chi connectivity index (χ1) is 24.4. The Balaban J connectivity index is 1.51. The van der Waals surface area contributed by atoms with Gasteiger partial charge < -0.3 is 25.0 Å². The number of amides is 2. The second-order valence-electron chi connectivity index (χ2n) is 11.3. The highest BCUT2D eigenvalue weighted by Gasteiger charge is 2.25. The lowest BCUT2D eigenvalue weighted by atomic mass is 10.0. The summed E-state index contributed by atoms with van der Waals surface area (Å²) in [6.07, 6.45) is 3.57. The minimum atomic E-state index is -1.26. The van der Waals surface area contributed by atoms with Crippen molar-refractivity contribution >= 4 is 58.9 Å². The number of benzene rings is 5. The molecule has 256 valence electrons. The van der Waals surface area contributed by atoms with E-state index in [0.717, 1.165) is 5.56 Å². The highest BCUT2D eigenvalue weighted by Crippen LogP contribution is 2.30. The van der Waals surface area contributed by atoms with Crippen LogP contribution in [0.3, 0.4) is 0 Å². The molecule has 0 bridgehead atoms. The molecule has 0 unspecified atom stereocenters. The molecule has 5 aromatic rings. The molecule has 0 radical (unpaired) electrons. The van der Waals surface area contributed by atoms with Gasteiger partial charge in [0.25, 0.3) is 5.91 Å². The maximum atomic E-state index is 14.2. The molecule has 3 N–H and O–H groups in total. The van der Waals surface area contributed by atoms with E-state index in [-0.39, 0.29) is 40.4 Å². The Morgan fingerprint density at radius 3 is 1.59 bits per heavy atom. The summed E-state index contributed by atoms with van der Waals surface area (Å²) in [5.74, 6) is -3.68. The number of anilines is 3. The number of carbonyl (C=O) groups is 5. The van der Waals surface area contributed by atoms with E-state index in [2.05, 4.69) is 0 Å². The third kappa shape index (κ3) is 8.35. The van der Waals surface area contributed by atoms with Crippen LogP contribution in [-0.2, 0) is 11.3 Å². The fourth-order valence-corrected chi connectivity index (χ4v) is 5.35. The fourth-order valence-electron chi connectivity index (χ4n) is 5.35. The van der Waals surface area contributed by atoms with Crippen LogP contribution < -0.4 is 14.5 Å². The van der Waals surface area contributed by atoms with Gasteiger partial charge in [0.15, 0.2) is 0 Å². The summed E-state index contributed by atoms with van der Waals surface area (Å²) in [5, 5.41) is 28.9. The van der Waals surface area contributed by atoms with Gasteiger partial charge in [-0.25, -0.2) is 14.4 Å². The van der Waals surface area contributed by atoms with Crippen molar-refractivity contribution in [2.45, 2.75) is 13.5 Å². The smallest absolute Gasteiger partial charge is 0.337 e. The maximum absolute atomic E-state index is 14.2. The van der Waals surface area contributed by atoms with E-state index in [1.807, 2.05) is 18.2 Å². The van der Waals surface area contributed by atoms with E-state index in [0.29, 0.717) is 28.3 Å². The zero-order valence-corrected chi connectivity index (χ0v) is 27.5. The number of carboxylic acids is 3. The van der Waals surface area contributed by atoms with Gasteiger partial charge in [0.1, 0.15) is 5.75 Å². The van der Waals surface area contributed by atoms with Crippen molar-refractivity contribution in [2.24, 2.45) is 0 Å². The summed E-state index contributed by atoms with van der Waals surface area (Å²) in [6, 6.07) is 29.9. The molecule has 0 saturated carbocycles. The Morgan fingerprint density at radius 1 is 0.608 bits per heavy atom. The van der Waals surface area contributed by atoms with E-state index >= 15 is 0 Å². The average Bonchev–Trinajstić information content (AvgIpc) is 3.13. The van der Waals surface area contributed by atoms with Crippen LogP contribution in [0.25, 0.3) is 12.2 Å². The Morgan fingerprint density at radius 2 is 1.10 bits per heavy atom. The van der Waals surface area contributed by atoms with Crippen molar-refractivity contribution in [2.75, 3.05) is 16.9 Å². The molecule has 0 fully saturated rings. The van der Waals surface area contributed by atoms with Crippen LogP contribution in [-0.4, -0.2) is 52.2 Å². The molecule has 2 amide bonds. The molecule has 11 heteroatoms. The monoisotopic (exact) mass is 684 g/mol. The molecule has 5 aromatic carbocycles. The van der Waals surface area contributed by atoms with Gasteiger partial charge in [0.2, 0.25) is 5.91 Å². The Labute approximate surface area is 292 Å². The molecule has 0 spiro atoms. The summed E-state index contributed by atoms with van der Waals surface area (Å²) in [5.41, 5.74) is 3.11. The number of rotatable bonds is 12. The molecule has 0 aliphatic rings. The number of hydrogen-bond acceptors (Lipinski definition) is 6. The lowest BCUT2D eigenvalue weighted by Crippen LogP contribution is -2.32. The normalized spacial score (nSPS) is 10.8. The fraction of sp³-hybridized carbons (Fsp3) is 0.0750. The molecule has 0 atom stereocenters. The van der Waals surface area contributed by atoms with E-state index in [9.17, 15) is 39.3 Å². The van der Waals surface area contributed by atoms with E-state index < -0.39 is 23.8 Å². The number of carbonyl (C=O) groups excluding carboxylic acids is 2. The van der Waals surface area contributed by atoms with Crippen molar-refractivity contribution in [1.82, 2.24) is 0 Å². The summed E-state index contributed by atoms with van der Waals surface area (Å²) >= 11 is 0. The van der Waals surface area contributed by atoms with Gasteiger partial charge in [-0.05, 0) is 102 Å². The molecule has 0 saturated heterocycles. The number of ether oxygens (including phenoxy) is 1. The first-order valence-electron chi connectivity index (χ1n) is 15.5. The van der Waals surface area contributed by atoms with Crippen LogP contribution in [0.4, 0.5) is 17.1 Å². The van der Waals surface area contributed by atoms with Gasteiger partial charge in [-0.1, -0.05) is 42.5 Å². The first-order valence-corrected chi connectivity index (χ1v) is 15.5. The van der Waals surface area contributed by atoms with E-state index in [1.165, 1.54) is 71.3 Å². The van der Waals surface area contributed by atoms with Gasteiger partial charge >= 0.3 is 17.9 Å². The molecule has 51 heavy (non-hydrogen) atoms. The second-order valence-corrected chi connectivity index (χ2v) is 11.3. The summed E-state index contributed by atoms with van der Waals surface area (Å²) < 4.78 is 5.19. The zero-order chi connectivity index (χ0) is 36.7. The molecule has 11 nitrogen and oxygen atoms in total. The number of aromatic carboxylic acids is 3. The van der Waals surface area contributed by atoms with Crippen LogP contribution in [0.2, 0.25) is 0 Å². The molecule has 0 aliphatic heterocycles. The van der Waals surface area contributed by atoms with Gasteiger partial charge in [-0.2, -0.15) is 0 Å². The summed E-state index contributed by atoms with van der Waals surface area (Å²) in [6.45, 7) is 1.27. The number of methoxy groups -OCH3 is 1. The lowest BCUT2D eigenvalue weighted by Gasteiger charge is -2.26. The van der Waals surface area contributed by atoms with Crippen LogP contribution >= 0.6 is 0 Å². The van der Waals surface area contributed by atoms with Crippen molar-refractivity contribution in [3.8, 4) is 5.75 Å². The Hall–Kier alpha value is -7.01. The van der Waals surface area contributed by atoms with Crippen LogP contribution in [0.1, 0.15) is 65.0 Å². The number of carboxylic acid groups (broad SMARTS) is 3. The second kappa shape index (κ2) is 15.5. The number of nitrogens with zero attached hydrogens (tertiary/aromatic N) is 2. The lowest BCUT2D eigenvalue weighted by molar-refractivity contribution is -0.115. The SMILES string of the molecule is COc1ccc(C=Cc2ccc(N(Cc3ccc(C(=O)O)cc3)C(=O)c3ccc(N(C(C)=O)c4ccc(C(=O)O)cc4)cc3)c(C(=O)O)c2)cc1. The molecule has 0 aliphatic carbocycles. The predicted octanol–water partition coefficient (Wildman–Crippen LogP) is 7.49. The molecule has 5 rings (SSSR count). The highest BCUT2D eigenvalue weighted by atomic mass is 16.5. The molecular formula is C40H32N2O9. The summed E-state index contributed by atoms with van der Waals surface area (Å²) in [7, 11) is 1.57. The summed E-state index contributed by atoms with van der Waals surface area (Å²) in [4.78, 5) is 64.9. The minimum Gasteiger partial charge on any atom is -0.497 e. The Kier molecular flexibility index (Phi) is 10.7. The van der Waals surface area contributed by atoms with Crippen molar-refractivity contribution in [3.05, 3.63) is 154 Å². The maximum Gasteiger partial charge on any atom is 0.337 e. The van der Waals surface area contributed by atoms with E-state index in [1.54, 1.807) is 61.7 Å². The highest BCUT2D eigenvalue weighted by molar-refractivity contribution is 6.10. The van der Waals surface area contributed by atoms with Crippen molar-refractivity contribution in [1.29, 1.82) is 0 Å². The Bertz CT molecular complexity index is 2120. The van der Waals surface area contributed by atoms with Gasteiger partial charge in [0, 0.05) is 23.9 Å². The molecule has 0 aromatic heterocycles. The van der Waals surface area contributed by atoms with Gasteiger partial charge in [0.05, 0.1) is 36.0 Å². The van der Waals surface area contributed by atoms with Crippen LogP contribution in [0.15, 0.2) is 115 Å². The third-order valence-electron chi connectivity index (χ3n) is 7.97. The van der Waals surface area contributed by atoms with Gasteiger partial charge in [-0.15, -0.1) is 0 Å². The van der Waals surface area contributed by atoms with Crippen molar-refractivity contribution < 1.29 is 44.0 Å². The number of hydrogen-bond donors (Lipinski definition) is 3. The van der Waals surface area contributed by atoms with E-state index in [4.69, 9.17) is 4.74 Å². The predicted molar refractivity (Wildman–Crippen MR) is 192 cm³/mol. The largest absolute Gasteiger partial charge is 0.497 e.